The molecule has 25 heavy (non-hydrogen) atoms. The van der Waals surface area contributed by atoms with Gasteiger partial charge in [-0.05, 0) is 35.7 Å². The molecule has 0 radical (unpaired) electrons. The topological polar surface area (TPSA) is 75.7 Å². The van der Waals surface area contributed by atoms with Crippen LogP contribution in [0.25, 0.3) is 0 Å². The van der Waals surface area contributed by atoms with Crippen LogP contribution in [0, 0.1) is 0 Å². The molecule has 2 aromatic rings. The van der Waals surface area contributed by atoms with E-state index >= 15 is 0 Å². The van der Waals surface area contributed by atoms with E-state index in [1.165, 1.54) is 43.3 Å². The molecule has 1 N–H and O–H groups in total. The molecule has 1 amide bonds. The maximum atomic E-state index is 12.1. The number of hydrogen-bond donors (Lipinski definition) is 1. The normalized spacial score (nSPS) is 11.6. The standard InChI is InChI=1S/C16H20N2O4S3/c1-18(22-2)25(20,21)15-7-5-13(6-8-15)16(19)17-9-11-23-12-14-4-3-10-24-14/h3-8,10H,9,11-12H2,1-2H3,(H,17,19). The van der Waals surface area contributed by atoms with Gasteiger partial charge in [0.25, 0.3) is 15.9 Å². The molecule has 0 aliphatic rings. The highest BCUT2D eigenvalue weighted by Crippen LogP contribution is 2.17. The molecule has 0 saturated heterocycles. The average molecular weight is 401 g/mol. The van der Waals surface area contributed by atoms with E-state index in [1.54, 1.807) is 23.1 Å². The van der Waals surface area contributed by atoms with E-state index in [0.29, 0.717) is 12.1 Å². The summed E-state index contributed by atoms with van der Waals surface area (Å²) in [6.07, 6.45) is 0. The molecule has 0 saturated carbocycles. The number of rotatable bonds is 9. The lowest BCUT2D eigenvalue weighted by molar-refractivity contribution is -0.0258. The van der Waals surface area contributed by atoms with E-state index in [2.05, 4.69) is 11.4 Å². The molecule has 0 atom stereocenters. The fourth-order valence-corrected chi connectivity index (χ4v) is 4.60. The molecule has 6 nitrogen and oxygen atoms in total. The van der Waals surface area contributed by atoms with Crippen LogP contribution in [0.2, 0.25) is 0 Å². The summed E-state index contributed by atoms with van der Waals surface area (Å²) in [5.74, 6) is 1.53. The molecular weight excluding hydrogens is 380 g/mol. The molecule has 0 spiro atoms. The zero-order chi connectivity index (χ0) is 18.3. The van der Waals surface area contributed by atoms with Gasteiger partial charge in [0.1, 0.15) is 0 Å². The van der Waals surface area contributed by atoms with Gasteiger partial charge < -0.3 is 5.32 Å². The first-order valence-electron chi connectivity index (χ1n) is 7.46. The Morgan fingerprint density at radius 2 is 2.00 bits per heavy atom. The number of benzene rings is 1. The van der Waals surface area contributed by atoms with Gasteiger partial charge in [0.2, 0.25) is 0 Å². The lowest BCUT2D eigenvalue weighted by Crippen LogP contribution is -2.27. The van der Waals surface area contributed by atoms with Crippen molar-refractivity contribution in [2.45, 2.75) is 10.6 Å². The molecule has 0 fully saturated rings. The SMILES string of the molecule is CON(C)S(=O)(=O)c1ccc(C(=O)NCCSCc2cccs2)cc1. The highest BCUT2D eigenvalue weighted by Gasteiger charge is 2.20. The van der Waals surface area contributed by atoms with Gasteiger partial charge in [-0.3, -0.25) is 9.63 Å². The number of hydroxylamine groups is 1. The summed E-state index contributed by atoms with van der Waals surface area (Å²) < 4.78 is 24.9. The minimum absolute atomic E-state index is 0.0694. The number of thioether (sulfide) groups is 1. The summed E-state index contributed by atoms with van der Waals surface area (Å²) in [6, 6.07) is 9.88. The largest absolute Gasteiger partial charge is 0.351 e. The second-order valence-electron chi connectivity index (χ2n) is 5.01. The molecule has 9 heteroatoms. The van der Waals surface area contributed by atoms with Crippen LogP contribution in [0.5, 0.6) is 0 Å². The molecule has 1 aromatic carbocycles. The van der Waals surface area contributed by atoms with E-state index in [-0.39, 0.29) is 10.8 Å². The third-order valence-corrected chi connectivity index (χ3v) is 7.13. The fourth-order valence-electron chi connectivity index (χ4n) is 1.93. The lowest BCUT2D eigenvalue weighted by Gasteiger charge is -2.14. The van der Waals surface area contributed by atoms with Crippen molar-refractivity contribution in [2.75, 3.05) is 26.5 Å². The molecule has 1 aromatic heterocycles. The Hall–Kier alpha value is -1.39. The second kappa shape index (κ2) is 9.35. The van der Waals surface area contributed by atoms with Gasteiger partial charge in [-0.2, -0.15) is 11.8 Å². The van der Waals surface area contributed by atoms with Gasteiger partial charge in [-0.25, -0.2) is 8.42 Å². The van der Waals surface area contributed by atoms with Crippen molar-refractivity contribution in [3.8, 4) is 0 Å². The highest BCUT2D eigenvalue weighted by molar-refractivity contribution is 7.98. The van der Waals surface area contributed by atoms with E-state index in [4.69, 9.17) is 4.84 Å². The predicted molar refractivity (Wildman–Crippen MR) is 101 cm³/mol. The molecule has 0 aliphatic carbocycles. The quantitative estimate of drug-likeness (QED) is 0.517. The summed E-state index contributed by atoms with van der Waals surface area (Å²) in [5.41, 5.74) is 0.419. The number of nitrogens with one attached hydrogen (secondary N) is 1. The zero-order valence-electron chi connectivity index (χ0n) is 14.0. The smallest absolute Gasteiger partial charge is 0.264 e. The first-order valence-corrected chi connectivity index (χ1v) is 10.9. The minimum Gasteiger partial charge on any atom is -0.351 e. The summed E-state index contributed by atoms with van der Waals surface area (Å²) in [5, 5.41) is 4.88. The molecular formula is C16H20N2O4S3. The van der Waals surface area contributed by atoms with Gasteiger partial charge in [0.15, 0.2) is 0 Å². The monoisotopic (exact) mass is 400 g/mol. The Labute approximate surface area is 156 Å². The van der Waals surface area contributed by atoms with Crippen molar-refractivity contribution >= 4 is 39.0 Å². The Morgan fingerprint density at radius 1 is 1.28 bits per heavy atom. The predicted octanol–water partition coefficient (Wildman–Crippen LogP) is 2.59. The minimum atomic E-state index is -3.70. The van der Waals surface area contributed by atoms with Gasteiger partial charge in [0, 0.05) is 35.5 Å². The molecule has 0 aliphatic heterocycles. The van der Waals surface area contributed by atoms with Crippen LogP contribution in [0.4, 0.5) is 0 Å². The van der Waals surface area contributed by atoms with Crippen LogP contribution >= 0.6 is 23.1 Å². The molecule has 0 bridgehead atoms. The van der Waals surface area contributed by atoms with Crippen molar-refractivity contribution in [2.24, 2.45) is 0 Å². The van der Waals surface area contributed by atoms with E-state index < -0.39 is 10.0 Å². The molecule has 2 rings (SSSR count). The second-order valence-corrected chi connectivity index (χ2v) is 9.08. The number of amides is 1. The van der Waals surface area contributed by atoms with Crippen molar-refractivity contribution in [1.29, 1.82) is 0 Å². The molecule has 0 unspecified atom stereocenters. The number of sulfonamides is 1. The zero-order valence-corrected chi connectivity index (χ0v) is 16.4. The highest BCUT2D eigenvalue weighted by atomic mass is 32.2. The Kier molecular flexibility index (Phi) is 7.45. The van der Waals surface area contributed by atoms with E-state index in [9.17, 15) is 13.2 Å². The maximum absolute atomic E-state index is 12.1. The lowest BCUT2D eigenvalue weighted by atomic mass is 10.2. The summed E-state index contributed by atoms with van der Waals surface area (Å²) >= 11 is 3.48. The third-order valence-electron chi connectivity index (χ3n) is 3.37. The Bertz CT molecular complexity index is 774. The number of carbonyl (C=O) groups excluding carboxylic acids is 1. The number of thiophene rings is 1. The first-order chi connectivity index (χ1) is 11.9. The Morgan fingerprint density at radius 3 is 2.60 bits per heavy atom. The number of hydrogen-bond acceptors (Lipinski definition) is 6. The van der Waals surface area contributed by atoms with E-state index in [0.717, 1.165) is 16.0 Å². The maximum Gasteiger partial charge on any atom is 0.264 e. The average Bonchev–Trinajstić information content (AvgIpc) is 3.14. The van der Waals surface area contributed by atoms with Gasteiger partial charge >= 0.3 is 0 Å². The van der Waals surface area contributed by atoms with Crippen molar-refractivity contribution in [1.82, 2.24) is 9.79 Å². The first kappa shape index (κ1) is 19.9. The molecule has 136 valence electrons. The van der Waals surface area contributed by atoms with Crippen molar-refractivity contribution < 1.29 is 18.0 Å². The van der Waals surface area contributed by atoms with Crippen LogP contribution in [0.3, 0.4) is 0 Å². The summed E-state index contributed by atoms with van der Waals surface area (Å²) in [6.45, 7) is 0.557. The number of carbonyl (C=O) groups is 1. The van der Waals surface area contributed by atoms with Crippen LogP contribution in [0.15, 0.2) is 46.7 Å². The van der Waals surface area contributed by atoms with Gasteiger partial charge in [-0.1, -0.05) is 10.5 Å². The van der Waals surface area contributed by atoms with Crippen LogP contribution in [-0.4, -0.2) is 45.2 Å². The van der Waals surface area contributed by atoms with Crippen LogP contribution in [-0.2, 0) is 20.6 Å². The van der Waals surface area contributed by atoms with Crippen molar-refractivity contribution in [3.63, 3.8) is 0 Å². The number of nitrogens with zero attached hydrogens (tertiary/aromatic N) is 1. The van der Waals surface area contributed by atoms with Crippen molar-refractivity contribution in [3.05, 3.63) is 52.2 Å². The Balaban J connectivity index is 1.82. The van der Waals surface area contributed by atoms with E-state index in [1.807, 2.05) is 11.4 Å². The van der Waals surface area contributed by atoms with Gasteiger partial charge in [0.05, 0.1) is 12.0 Å². The fraction of sp³-hybridized carbons (Fsp3) is 0.312. The molecule has 1 heterocycles. The van der Waals surface area contributed by atoms with Gasteiger partial charge in [-0.15, -0.1) is 11.3 Å². The van der Waals surface area contributed by atoms with Crippen LogP contribution in [0.1, 0.15) is 15.2 Å². The summed E-state index contributed by atoms with van der Waals surface area (Å²) in [7, 11) is -1.12. The third kappa shape index (κ3) is 5.55. The summed E-state index contributed by atoms with van der Waals surface area (Å²) in [4.78, 5) is 18.2. The van der Waals surface area contributed by atoms with Crippen LogP contribution < -0.4 is 5.32 Å².